The average molecular weight is 310 g/mol. The highest BCUT2D eigenvalue weighted by Gasteiger charge is 1.90. The van der Waals surface area contributed by atoms with Crippen LogP contribution in [0, 0.1) is 0 Å². The van der Waals surface area contributed by atoms with Gasteiger partial charge in [-0.25, -0.2) is 10.6 Å². The van der Waals surface area contributed by atoms with Gasteiger partial charge in [0.15, 0.2) is 0 Å². The third-order valence-electron chi connectivity index (χ3n) is 0.520. The van der Waals surface area contributed by atoms with Crippen LogP contribution in [-0.2, 0) is 24.0 Å². The van der Waals surface area contributed by atoms with Crippen molar-refractivity contribution in [3.8, 4) is 0 Å². The van der Waals surface area contributed by atoms with E-state index in [2.05, 4.69) is 5.84 Å². The summed E-state index contributed by atoms with van der Waals surface area (Å²) in [6.45, 7) is 3.25. The van der Waals surface area contributed by atoms with Gasteiger partial charge in [0.05, 0.1) is 0 Å². The summed E-state index contributed by atoms with van der Waals surface area (Å²) < 4.78 is 0. The van der Waals surface area contributed by atoms with Crippen LogP contribution in [0.2, 0.25) is 0 Å². The van der Waals surface area contributed by atoms with E-state index in [0.717, 1.165) is 26.8 Å². The first kappa shape index (κ1) is 26.6. The number of amides is 1. The second-order valence-corrected chi connectivity index (χ2v) is 2.74. The van der Waals surface area contributed by atoms with Gasteiger partial charge in [0, 0.05) is 32.9 Å². The van der Waals surface area contributed by atoms with Crippen LogP contribution < -0.4 is 11.3 Å². The number of carbonyl (C=O) groups excluding carboxylic acids is 1. The molecule has 0 atom stereocenters. The fourth-order valence-corrected chi connectivity index (χ4v) is 0.195. The molecular weight excluding hydrogens is 292 g/mol. The number of nitrogens with one attached hydrogen (secondary N) is 1. The van der Waals surface area contributed by atoms with E-state index in [-0.39, 0.29) is 0 Å². The zero-order valence-corrected chi connectivity index (χ0v) is 11.6. The summed E-state index contributed by atoms with van der Waals surface area (Å²) in [5, 5.41) is 30.2. The van der Waals surface area contributed by atoms with Crippen molar-refractivity contribution < 1.29 is 44.4 Å². The predicted molar refractivity (Wildman–Crippen MR) is 69.0 cm³/mol. The molecule has 0 spiro atoms. The Kier molecular flexibility index (Phi) is 24.5. The van der Waals surface area contributed by atoms with Gasteiger partial charge in [0.2, 0.25) is 0 Å². The van der Waals surface area contributed by atoms with Crippen molar-refractivity contribution in [2.24, 2.45) is 5.84 Å². The van der Waals surface area contributed by atoms with E-state index in [1.165, 1.54) is 0 Å². The van der Waals surface area contributed by atoms with Crippen molar-refractivity contribution in [3.63, 3.8) is 0 Å². The molecule has 0 rings (SSSR count). The number of carboxylic acids is 4. The summed E-state index contributed by atoms with van der Waals surface area (Å²) in [7, 11) is 0. The van der Waals surface area contributed by atoms with Gasteiger partial charge in [0.25, 0.3) is 23.8 Å². The van der Waals surface area contributed by atoms with Gasteiger partial charge in [-0.1, -0.05) is 0 Å². The van der Waals surface area contributed by atoms with Crippen LogP contribution in [-0.4, -0.2) is 50.2 Å². The van der Waals surface area contributed by atoms with Crippen molar-refractivity contribution in [1.82, 2.24) is 5.43 Å². The number of aliphatic carboxylic acids is 4. The monoisotopic (exact) mass is 310 g/mol. The van der Waals surface area contributed by atoms with Gasteiger partial charge < -0.3 is 20.4 Å². The summed E-state index contributed by atoms with van der Waals surface area (Å²) in [4.78, 5) is 46.8. The molecule has 11 nitrogen and oxygen atoms in total. The molecule has 0 bridgehead atoms. The minimum absolute atomic E-state index is 0.641. The summed E-state index contributed by atoms with van der Waals surface area (Å²) in [5.41, 5.74) is 1.73. The number of carbonyl (C=O) groups is 5. The highest BCUT2D eigenvalue weighted by atomic mass is 16.4. The van der Waals surface area contributed by atoms with E-state index in [9.17, 15) is 9.59 Å². The predicted octanol–water partition coefficient (Wildman–Crippen LogP) is -1.11. The second-order valence-electron chi connectivity index (χ2n) is 2.74. The van der Waals surface area contributed by atoms with E-state index >= 15 is 0 Å². The standard InChI is InChI=1S/C4H6N2O3.3C2H4O2/c5-6-3(7)1-2-4(8)9;3*1-2(3)4/h1-2H,5H2,(H,6,7)(H,8,9);3*1H3,(H,3,4)/b2-1-;;;. The highest BCUT2D eigenvalue weighted by molar-refractivity contribution is 5.93. The number of hydrogen-bond acceptors (Lipinski definition) is 6. The van der Waals surface area contributed by atoms with Gasteiger partial charge in [-0.05, 0) is 0 Å². The maximum absolute atomic E-state index is 10.1. The molecule has 0 aliphatic heterocycles. The summed E-state index contributed by atoms with van der Waals surface area (Å²) >= 11 is 0. The van der Waals surface area contributed by atoms with Crippen molar-refractivity contribution in [2.45, 2.75) is 20.8 Å². The third kappa shape index (κ3) is 235. The van der Waals surface area contributed by atoms with Crippen molar-refractivity contribution in [3.05, 3.63) is 12.2 Å². The Morgan fingerprint density at radius 3 is 1.14 bits per heavy atom. The van der Waals surface area contributed by atoms with Crippen LogP contribution in [0.5, 0.6) is 0 Å². The van der Waals surface area contributed by atoms with E-state index in [0.29, 0.717) is 6.08 Å². The number of hydrazine groups is 1. The Balaban J connectivity index is -0.000000102. The van der Waals surface area contributed by atoms with E-state index in [4.69, 9.17) is 34.8 Å². The molecule has 0 aromatic carbocycles. The molecule has 7 N–H and O–H groups in total. The molecule has 0 saturated heterocycles. The molecule has 0 heterocycles. The fourth-order valence-electron chi connectivity index (χ4n) is 0.195. The van der Waals surface area contributed by atoms with Gasteiger partial charge in [-0.3, -0.25) is 24.6 Å². The molecule has 0 aromatic heterocycles. The quantitative estimate of drug-likeness (QED) is 0.157. The van der Waals surface area contributed by atoms with Crippen molar-refractivity contribution in [2.75, 3.05) is 0 Å². The topological polar surface area (TPSA) is 204 Å². The zero-order valence-electron chi connectivity index (χ0n) is 11.6. The molecule has 0 aromatic rings. The molecule has 1 amide bonds. The van der Waals surface area contributed by atoms with Crippen molar-refractivity contribution in [1.29, 1.82) is 0 Å². The Hall–Kier alpha value is -2.95. The van der Waals surface area contributed by atoms with Gasteiger partial charge in [0.1, 0.15) is 0 Å². The van der Waals surface area contributed by atoms with Crippen LogP contribution in [0.3, 0.4) is 0 Å². The zero-order chi connectivity index (χ0) is 18.0. The molecule has 0 saturated carbocycles. The fraction of sp³-hybridized carbons (Fsp3) is 0.300. The second kappa shape index (κ2) is 19.4. The maximum atomic E-state index is 10.1. The largest absolute Gasteiger partial charge is 0.481 e. The summed E-state index contributed by atoms with van der Waals surface area (Å²) in [5.74, 6) is 0.291. The number of hydrogen-bond donors (Lipinski definition) is 6. The summed E-state index contributed by atoms with van der Waals surface area (Å²) in [6.07, 6.45) is 1.52. The lowest BCUT2D eigenvalue weighted by Crippen LogP contribution is -2.28. The highest BCUT2D eigenvalue weighted by Crippen LogP contribution is 1.70. The lowest BCUT2D eigenvalue weighted by Gasteiger charge is -1.85. The smallest absolute Gasteiger partial charge is 0.328 e. The first-order valence-electron chi connectivity index (χ1n) is 4.86. The Morgan fingerprint density at radius 2 is 1.00 bits per heavy atom. The maximum Gasteiger partial charge on any atom is 0.328 e. The average Bonchev–Trinajstić information content (AvgIpc) is 2.23. The Bertz CT molecular complexity index is 336. The molecular formula is C10H18N2O9. The first-order chi connectivity index (χ1) is 9.36. The van der Waals surface area contributed by atoms with E-state index in [1.54, 1.807) is 5.43 Å². The first-order valence-corrected chi connectivity index (χ1v) is 4.86. The van der Waals surface area contributed by atoms with Crippen LogP contribution in [0.25, 0.3) is 0 Å². The lowest BCUT2D eigenvalue weighted by molar-refractivity contribution is -0.135. The Labute approximate surface area is 119 Å². The lowest BCUT2D eigenvalue weighted by atomic mass is 10.5. The molecule has 11 heteroatoms. The molecule has 122 valence electrons. The van der Waals surface area contributed by atoms with Gasteiger partial charge in [-0.2, -0.15) is 0 Å². The third-order valence-corrected chi connectivity index (χ3v) is 0.520. The minimum atomic E-state index is -1.18. The molecule has 0 fully saturated rings. The van der Waals surface area contributed by atoms with Gasteiger partial charge >= 0.3 is 5.97 Å². The SMILES string of the molecule is CC(=O)O.CC(=O)O.CC(=O)O.NNC(=O)/C=C\C(=O)O. The molecule has 0 unspecified atom stereocenters. The number of nitrogens with two attached hydrogens (primary N) is 1. The van der Waals surface area contributed by atoms with Crippen LogP contribution in [0.1, 0.15) is 20.8 Å². The molecule has 0 radical (unpaired) electrons. The van der Waals surface area contributed by atoms with Crippen LogP contribution in [0.15, 0.2) is 12.2 Å². The van der Waals surface area contributed by atoms with E-state index < -0.39 is 29.8 Å². The molecule has 0 aliphatic carbocycles. The summed E-state index contributed by atoms with van der Waals surface area (Å²) in [6, 6.07) is 0. The van der Waals surface area contributed by atoms with Crippen molar-refractivity contribution >= 4 is 29.8 Å². The van der Waals surface area contributed by atoms with Crippen LogP contribution >= 0.6 is 0 Å². The van der Waals surface area contributed by atoms with E-state index in [1.807, 2.05) is 0 Å². The number of carboxylic acid groups (broad SMARTS) is 4. The number of rotatable bonds is 2. The molecule has 21 heavy (non-hydrogen) atoms. The Morgan fingerprint density at radius 1 is 0.762 bits per heavy atom. The van der Waals surface area contributed by atoms with Gasteiger partial charge in [-0.15, -0.1) is 0 Å². The normalized spacial score (nSPS) is 7.62. The minimum Gasteiger partial charge on any atom is -0.481 e. The molecule has 0 aliphatic rings. The van der Waals surface area contributed by atoms with Crippen LogP contribution in [0.4, 0.5) is 0 Å².